The van der Waals surface area contributed by atoms with Crippen molar-refractivity contribution in [2.24, 2.45) is 17.8 Å². The molecule has 20 heavy (non-hydrogen) atoms. The van der Waals surface area contributed by atoms with Crippen molar-refractivity contribution in [1.82, 2.24) is 5.32 Å². The Balaban J connectivity index is 1.66. The first-order chi connectivity index (χ1) is 9.54. The van der Waals surface area contributed by atoms with Crippen LogP contribution < -0.4 is 5.32 Å². The van der Waals surface area contributed by atoms with Crippen LogP contribution in [0.3, 0.4) is 0 Å². The lowest BCUT2D eigenvalue weighted by Gasteiger charge is -2.28. The van der Waals surface area contributed by atoms with E-state index in [-0.39, 0.29) is 17.0 Å². The van der Waals surface area contributed by atoms with Gasteiger partial charge in [0.2, 0.25) is 0 Å². The van der Waals surface area contributed by atoms with E-state index in [0.717, 1.165) is 11.8 Å². The second kappa shape index (κ2) is 5.36. The van der Waals surface area contributed by atoms with Crippen molar-refractivity contribution in [2.45, 2.75) is 38.6 Å². The van der Waals surface area contributed by atoms with Crippen molar-refractivity contribution in [1.29, 1.82) is 0 Å². The van der Waals surface area contributed by atoms with Gasteiger partial charge in [0.15, 0.2) is 0 Å². The lowest BCUT2D eigenvalue weighted by molar-refractivity contribution is 0.0915. The molecule has 0 aliphatic heterocycles. The molecular weight excluding hydrogens is 277 g/mol. The average Bonchev–Trinajstić information content (AvgIpc) is 3.00. The molecule has 2 aliphatic rings. The van der Waals surface area contributed by atoms with Crippen LogP contribution in [0.15, 0.2) is 18.2 Å². The maximum absolute atomic E-state index is 13.0. The van der Waals surface area contributed by atoms with E-state index in [1.165, 1.54) is 43.9 Å². The highest BCUT2D eigenvalue weighted by Gasteiger charge is 2.42. The summed E-state index contributed by atoms with van der Waals surface area (Å²) in [4.78, 5) is 12.2. The van der Waals surface area contributed by atoms with Crippen molar-refractivity contribution >= 4 is 17.5 Å². The molecule has 2 saturated carbocycles. The van der Waals surface area contributed by atoms with Crippen molar-refractivity contribution in [3.63, 3.8) is 0 Å². The summed E-state index contributed by atoms with van der Waals surface area (Å²) < 4.78 is 13.0. The lowest BCUT2D eigenvalue weighted by Crippen LogP contribution is -2.40. The second-order valence-electron chi connectivity index (χ2n) is 6.23. The fourth-order valence-electron chi connectivity index (χ4n) is 3.97. The molecule has 108 valence electrons. The van der Waals surface area contributed by atoms with Gasteiger partial charge in [0, 0.05) is 6.04 Å². The predicted octanol–water partition coefficient (Wildman–Crippen LogP) is 4.03. The Morgan fingerprint density at radius 3 is 2.80 bits per heavy atom. The van der Waals surface area contributed by atoms with Crippen LogP contribution in [0, 0.1) is 23.6 Å². The van der Waals surface area contributed by atoms with Crippen LogP contribution in [0.1, 0.15) is 43.0 Å². The maximum Gasteiger partial charge on any atom is 0.253 e. The third kappa shape index (κ3) is 2.56. The number of rotatable bonds is 3. The van der Waals surface area contributed by atoms with Gasteiger partial charge in [-0.3, -0.25) is 4.79 Å². The number of carbonyl (C=O) groups is 1. The highest BCUT2D eigenvalue weighted by molar-refractivity contribution is 6.33. The summed E-state index contributed by atoms with van der Waals surface area (Å²) >= 11 is 5.93. The van der Waals surface area contributed by atoms with Crippen molar-refractivity contribution in [2.75, 3.05) is 0 Å². The molecule has 2 fully saturated rings. The van der Waals surface area contributed by atoms with Crippen molar-refractivity contribution in [3.8, 4) is 0 Å². The minimum absolute atomic E-state index is 0.152. The molecule has 0 radical (unpaired) electrons. The van der Waals surface area contributed by atoms with E-state index < -0.39 is 5.82 Å². The number of hydrogen-bond acceptors (Lipinski definition) is 1. The van der Waals surface area contributed by atoms with Gasteiger partial charge in [0.25, 0.3) is 5.91 Å². The zero-order valence-corrected chi connectivity index (χ0v) is 12.3. The minimum atomic E-state index is -0.423. The van der Waals surface area contributed by atoms with E-state index in [1.54, 1.807) is 0 Å². The number of nitrogens with one attached hydrogen (secondary N) is 1. The Bertz CT molecular complexity index is 533. The van der Waals surface area contributed by atoms with Crippen LogP contribution in [-0.4, -0.2) is 11.9 Å². The van der Waals surface area contributed by atoms with Crippen LogP contribution >= 0.6 is 11.6 Å². The molecule has 3 rings (SSSR count). The SMILES string of the molecule is C[C@H](NC(=O)c1ccc(F)cc1Cl)[C@H]1C[C@H]2CC[C@H]1C2. The van der Waals surface area contributed by atoms with Crippen LogP contribution in [0.4, 0.5) is 4.39 Å². The standard InChI is InChI=1S/C16H19ClFNO/c1-9(14-7-10-2-3-11(14)6-10)19-16(20)13-5-4-12(18)8-15(13)17/h4-5,8-11,14H,2-3,6-7H2,1H3,(H,19,20)/t9-,10-,11-,14+/m0/s1. The summed E-state index contributed by atoms with van der Waals surface area (Å²) in [6.45, 7) is 2.07. The number of carbonyl (C=O) groups excluding carboxylic acids is 1. The lowest BCUT2D eigenvalue weighted by atomic mass is 9.84. The Hall–Kier alpha value is -1.09. The number of amides is 1. The molecule has 1 amide bonds. The normalized spacial score (nSPS) is 29.4. The monoisotopic (exact) mass is 295 g/mol. The summed E-state index contributed by atoms with van der Waals surface area (Å²) in [7, 11) is 0. The van der Waals surface area contributed by atoms with Gasteiger partial charge in [-0.05, 0) is 62.1 Å². The Morgan fingerprint density at radius 1 is 1.40 bits per heavy atom. The Kier molecular flexibility index (Phi) is 3.72. The van der Waals surface area contributed by atoms with Crippen LogP contribution in [0.25, 0.3) is 0 Å². The third-order valence-electron chi connectivity index (χ3n) is 4.97. The molecule has 0 spiro atoms. The highest BCUT2D eigenvalue weighted by Crippen LogP contribution is 2.49. The highest BCUT2D eigenvalue weighted by atomic mass is 35.5. The third-order valence-corrected chi connectivity index (χ3v) is 5.28. The molecule has 2 bridgehead atoms. The first kappa shape index (κ1) is 13.9. The fraction of sp³-hybridized carbons (Fsp3) is 0.562. The fourth-order valence-corrected chi connectivity index (χ4v) is 4.22. The van der Waals surface area contributed by atoms with Gasteiger partial charge in [-0.1, -0.05) is 18.0 Å². The Labute approximate surface area is 123 Å². The number of hydrogen-bond donors (Lipinski definition) is 1. The topological polar surface area (TPSA) is 29.1 Å². The first-order valence-electron chi connectivity index (χ1n) is 7.30. The first-order valence-corrected chi connectivity index (χ1v) is 7.68. The number of halogens is 2. The summed E-state index contributed by atoms with van der Waals surface area (Å²) in [5, 5.41) is 3.21. The molecule has 0 heterocycles. The van der Waals surface area contributed by atoms with Gasteiger partial charge >= 0.3 is 0 Å². The molecule has 0 aromatic heterocycles. The molecule has 0 saturated heterocycles. The van der Waals surface area contributed by atoms with E-state index in [4.69, 9.17) is 11.6 Å². The van der Waals surface area contributed by atoms with E-state index in [0.29, 0.717) is 11.5 Å². The number of fused-ring (bicyclic) bond motifs is 2. The van der Waals surface area contributed by atoms with Gasteiger partial charge < -0.3 is 5.32 Å². The molecule has 4 atom stereocenters. The molecule has 2 aliphatic carbocycles. The van der Waals surface area contributed by atoms with Gasteiger partial charge in [-0.2, -0.15) is 0 Å². The van der Waals surface area contributed by atoms with E-state index in [9.17, 15) is 9.18 Å². The minimum Gasteiger partial charge on any atom is -0.349 e. The zero-order chi connectivity index (χ0) is 14.3. The number of benzene rings is 1. The van der Waals surface area contributed by atoms with Gasteiger partial charge in [-0.25, -0.2) is 4.39 Å². The van der Waals surface area contributed by atoms with Gasteiger partial charge in [0.05, 0.1) is 10.6 Å². The van der Waals surface area contributed by atoms with Crippen LogP contribution in [0.2, 0.25) is 5.02 Å². The summed E-state index contributed by atoms with van der Waals surface area (Å²) in [6, 6.07) is 4.04. The molecule has 4 heteroatoms. The largest absolute Gasteiger partial charge is 0.349 e. The summed E-state index contributed by atoms with van der Waals surface area (Å²) in [6.07, 6.45) is 5.20. The maximum atomic E-state index is 13.0. The quantitative estimate of drug-likeness (QED) is 0.896. The van der Waals surface area contributed by atoms with Crippen LogP contribution in [0.5, 0.6) is 0 Å². The average molecular weight is 296 g/mol. The molecule has 1 aromatic carbocycles. The predicted molar refractivity (Wildman–Crippen MR) is 77.3 cm³/mol. The summed E-state index contributed by atoms with van der Waals surface area (Å²) in [5.41, 5.74) is 0.350. The van der Waals surface area contributed by atoms with Crippen molar-refractivity contribution in [3.05, 3.63) is 34.6 Å². The Morgan fingerprint density at radius 2 is 2.20 bits per heavy atom. The molecular formula is C16H19ClFNO. The molecule has 0 unspecified atom stereocenters. The van der Waals surface area contributed by atoms with E-state index in [1.807, 2.05) is 0 Å². The molecule has 2 nitrogen and oxygen atoms in total. The van der Waals surface area contributed by atoms with Gasteiger partial charge in [0.1, 0.15) is 5.82 Å². The van der Waals surface area contributed by atoms with E-state index in [2.05, 4.69) is 12.2 Å². The van der Waals surface area contributed by atoms with Crippen molar-refractivity contribution < 1.29 is 9.18 Å². The molecule has 1 N–H and O–H groups in total. The van der Waals surface area contributed by atoms with Crippen LogP contribution in [-0.2, 0) is 0 Å². The van der Waals surface area contributed by atoms with Gasteiger partial charge in [-0.15, -0.1) is 0 Å². The van der Waals surface area contributed by atoms with E-state index >= 15 is 0 Å². The zero-order valence-electron chi connectivity index (χ0n) is 11.5. The second-order valence-corrected chi connectivity index (χ2v) is 6.63. The summed E-state index contributed by atoms with van der Waals surface area (Å²) in [5.74, 6) is 1.58. The smallest absolute Gasteiger partial charge is 0.253 e. The molecule has 1 aromatic rings.